The Kier molecular flexibility index (Phi) is 7.83. The molecule has 1 atom stereocenters. The van der Waals surface area contributed by atoms with E-state index in [1.165, 1.54) is 30.2 Å². The summed E-state index contributed by atoms with van der Waals surface area (Å²) in [4.78, 5) is 26.6. The van der Waals surface area contributed by atoms with Crippen LogP contribution in [0.15, 0.2) is 47.4 Å². The van der Waals surface area contributed by atoms with Gasteiger partial charge in [0, 0.05) is 6.54 Å². The molecule has 2 aromatic rings. The Morgan fingerprint density at radius 1 is 1.21 bits per heavy atom. The van der Waals surface area contributed by atoms with Crippen LogP contribution in [0, 0.1) is 0 Å². The van der Waals surface area contributed by atoms with E-state index < -0.39 is 34.5 Å². The van der Waals surface area contributed by atoms with Gasteiger partial charge in [0.1, 0.15) is 11.5 Å². The van der Waals surface area contributed by atoms with Crippen molar-refractivity contribution in [3.63, 3.8) is 0 Å². The molecule has 0 N–H and O–H groups in total. The molecule has 0 aliphatic carbocycles. The number of esters is 1. The Bertz CT molecular complexity index is 1140. The number of nitrogens with zero attached hydrogens (tertiary/aromatic N) is 2. The number of ether oxygens (including phenoxy) is 3. The third-order valence-electron chi connectivity index (χ3n) is 5.04. The van der Waals surface area contributed by atoms with E-state index in [9.17, 15) is 18.0 Å². The summed E-state index contributed by atoms with van der Waals surface area (Å²) in [5.41, 5.74) is 0.445. The van der Waals surface area contributed by atoms with E-state index in [0.717, 1.165) is 4.31 Å². The fourth-order valence-electron chi connectivity index (χ4n) is 3.39. The summed E-state index contributed by atoms with van der Waals surface area (Å²) in [5, 5.41) is 0.156. The van der Waals surface area contributed by atoms with Gasteiger partial charge in [-0.3, -0.25) is 4.79 Å². The molecule has 9 nitrogen and oxygen atoms in total. The number of methoxy groups -OCH3 is 1. The summed E-state index contributed by atoms with van der Waals surface area (Å²) in [5.74, 6) is -0.443. The molecule has 0 spiro atoms. The quantitative estimate of drug-likeness (QED) is 0.518. The molecule has 2 aromatic carbocycles. The minimum atomic E-state index is -4.03. The number of benzene rings is 2. The highest BCUT2D eigenvalue weighted by Crippen LogP contribution is 2.34. The summed E-state index contributed by atoms with van der Waals surface area (Å²) < 4.78 is 43.3. The fourth-order valence-corrected chi connectivity index (χ4v) is 5.12. The van der Waals surface area contributed by atoms with Crippen molar-refractivity contribution in [3.8, 4) is 11.5 Å². The van der Waals surface area contributed by atoms with Gasteiger partial charge in [0.05, 0.1) is 42.4 Å². The third-order valence-corrected chi connectivity index (χ3v) is 7.26. The molecule has 3 rings (SSSR count). The van der Waals surface area contributed by atoms with Crippen LogP contribution >= 0.6 is 11.6 Å². The van der Waals surface area contributed by atoms with Crippen molar-refractivity contribution in [1.82, 2.24) is 4.31 Å². The average Bonchev–Trinajstić information content (AvgIpc) is 2.82. The Labute approximate surface area is 197 Å². The van der Waals surface area contributed by atoms with Crippen LogP contribution in [0.1, 0.15) is 13.8 Å². The van der Waals surface area contributed by atoms with Gasteiger partial charge in [-0.25, -0.2) is 13.2 Å². The van der Waals surface area contributed by atoms with E-state index in [-0.39, 0.29) is 23.0 Å². The maximum atomic E-state index is 13.2. The van der Waals surface area contributed by atoms with Gasteiger partial charge in [0.25, 0.3) is 0 Å². The van der Waals surface area contributed by atoms with E-state index in [1.807, 2.05) is 0 Å². The first-order chi connectivity index (χ1) is 15.7. The molecule has 0 saturated heterocycles. The number of halogens is 1. The SMILES string of the molecule is CCOc1ccc(S(=O)(=O)N(CC)CC(=O)N2CC(C(=O)OC)Oc3ccccc32)cc1Cl. The molecule has 0 saturated carbocycles. The maximum Gasteiger partial charge on any atom is 0.348 e. The smallest absolute Gasteiger partial charge is 0.348 e. The molecular weight excluding hydrogens is 472 g/mol. The van der Waals surface area contributed by atoms with Crippen LogP contribution in [-0.4, -0.2) is 64.1 Å². The zero-order valence-corrected chi connectivity index (χ0v) is 20.1. The van der Waals surface area contributed by atoms with Crippen molar-refractivity contribution < 1.29 is 32.2 Å². The van der Waals surface area contributed by atoms with Crippen LogP contribution < -0.4 is 14.4 Å². The lowest BCUT2D eigenvalue weighted by Gasteiger charge is -2.34. The van der Waals surface area contributed by atoms with Gasteiger partial charge in [-0.15, -0.1) is 0 Å². The number of likely N-dealkylation sites (N-methyl/N-ethyl adjacent to an activating group) is 1. The van der Waals surface area contributed by atoms with Crippen LogP contribution in [-0.2, 0) is 24.3 Å². The van der Waals surface area contributed by atoms with Crippen LogP contribution in [0.2, 0.25) is 5.02 Å². The summed E-state index contributed by atoms with van der Waals surface area (Å²) >= 11 is 6.16. The van der Waals surface area contributed by atoms with Gasteiger partial charge < -0.3 is 19.1 Å². The molecular formula is C22H25ClN2O7S. The summed E-state index contributed by atoms with van der Waals surface area (Å²) in [6.07, 6.45) is -1.02. The van der Waals surface area contributed by atoms with E-state index in [2.05, 4.69) is 0 Å². The Hall–Kier alpha value is -2.82. The maximum absolute atomic E-state index is 13.2. The highest BCUT2D eigenvalue weighted by molar-refractivity contribution is 7.89. The van der Waals surface area contributed by atoms with Gasteiger partial charge in [-0.1, -0.05) is 30.7 Å². The predicted molar refractivity (Wildman–Crippen MR) is 122 cm³/mol. The number of carbonyl (C=O) groups excluding carboxylic acids is 2. The van der Waals surface area contributed by atoms with Crippen molar-refractivity contribution in [2.24, 2.45) is 0 Å². The van der Waals surface area contributed by atoms with E-state index >= 15 is 0 Å². The van der Waals surface area contributed by atoms with Crippen molar-refractivity contribution in [2.75, 3.05) is 38.3 Å². The molecule has 1 unspecified atom stereocenters. The minimum absolute atomic E-state index is 0.0469. The number of carbonyl (C=O) groups is 2. The lowest BCUT2D eigenvalue weighted by molar-refractivity contribution is -0.148. The number of para-hydroxylation sites is 2. The number of sulfonamides is 1. The van der Waals surface area contributed by atoms with Crippen molar-refractivity contribution >= 4 is 39.2 Å². The largest absolute Gasteiger partial charge is 0.492 e. The first-order valence-electron chi connectivity index (χ1n) is 10.3. The van der Waals surface area contributed by atoms with Gasteiger partial charge in [0.2, 0.25) is 22.0 Å². The number of amides is 1. The second-order valence-corrected chi connectivity index (χ2v) is 9.40. The average molecular weight is 497 g/mol. The van der Waals surface area contributed by atoms with Crippen LogP contribution in [0.4, 0.5) is 5.69 Å². The molecule has 0 bridgehead atoms. The van der Waals surface area contributed by atoms with Crippen LogP contribution in [0.5, 0.6) is 11.5 Å². The molecule has 1 aliphatic heterocycles. The molecule has 1 amide bonds. The number of hydrogen-bond donors (Lipinski definition) is 0. The van der Waals surface area contributed by atoms with Gasteiger partial charge >= 0.3 is 5.97 Å². The summed E-state index contributed by atoms with van der Waals surface area (Å²) in [6.45, 7) is 3.31. The monoisotopic (exact) mass is 496 g/mol. The Balaban J connectivity index is 1.87. The van der Waals surface area contributed by atoms with E-state index in [1.54, 1.807) is 38.1 Å². The molecule has 0 radical (unpaired) electrons. The number of anilines is 1. The van der Waals surface area contributed by atoms with E-state index in [0.29, 0.717) is 23.8 Å². The molecule has 1 aliphatic rings. The van der Waals surface area contributed by atoms with Crippen molar-refractivity contribution in [2.45, 2.75) is 24.8 Å². The highest BCUT2D eigenvalue weighted by atomic mass is 35.5. The van der Waals surface area contributed by atoms with Gasteiger partial charge in [-0.05, 0) is 37.3 Å². The zero-order chi connectivity index (χ0) is 24.2. The molecule has 0 aromatic heterocycles. The second kappa shape index (κ2) is 10.4. The predicted octanol–water partition coefficient (Wildman–Crippen LogP) is 2.72. The third kappa shape index (κ3) is 5.23. The molecule has 11 heteroatoms. The standard InChI is InChI=1S/C22H25ClN2O7S/c1-4-24(33(28,29)15-10-11-18(31-5-2)16(23)12-15)14-21(26)25-13-20(22(27)30-3)32-19-9-7-6-8-17(19)25/h6-12,20H,4-5,13-14H2,1-3H3. The van der Waals surface area contributed by atoms with E-state index in [4.69, 9.17) is 25.8 Å². The molecule has 178 valence electrons. The lowest BCUT2D eigenvalue weighted by Crippen LogP contribution is -2.50. The zero-order valence-electron chi connectivity index (χ0n) is 18.5. The number of hydrogen-bond acceptors (Lipinski definition) is 7. The van der Waals surface area contributed by atoms with Gasteiger partial charge in [0.15, 0.2) is 0 Å². The van der Waals surface area contributed by atoms with Crippen molar-refractivity contribution in [3.05, 3.63) is 47.5 Å². The Morgan fingerprint density at radius 2 is 1.94 bits per heavy atom. The van der Waals surface area contributed by atoms with Crippen LogP contribution in [0.25, 0.3) is 0 Å². The summed E-state index contributed by atoms with van der Waals surface area (Å²) in [6, 6.07) is 10.9. The minimum Gasteiger partial charge on any atom is -0.492 e. The number of rotatable bonds is 8. The normalized spacial score (nSPS) is 15.5. The van der Waals surface area contributed by atoms with Crippen LogP contribution in [0.3, 0.4) is 0 Å². The lowest BCUT2D eigenvalue weighted by atomic mass is 10.2. The first kappa shape index (κ1) is 24.8. The molecule has 33 heavy (non-hydrogen) atoms. The first-order valence-corrected chi connectivity index (χ1v) is 12.1. The second-order valence-electron chi connectivity index (χ2n) is 7.06. The Morgan fingerprint density at radius 3 is 2.58 bits per heavy atom. The molecule has 1 heterocycles. The van der Waals surface area contributed by atoms with Gasteiger partial charge in [-0.2, -0.15) is 4.31 Å². The topological polar surface area (TPSA) is 102 Å². The summed E-state index contributed by atoms with van der Waals surface area (Å²) in [7, 11) is -2.80. The molecule has 0 fully saturated rings. The fraction of sp³-hybridized carbons (Fsp3) is 0.364. The number of fused-ring (bicyclic) bond motifs is 1. The highest BCUT2D eigenvalue weighted by Gasteiger charge is 2.36. The van der Waals surface area contributed by atoms with Crippen molar-refractivity contribution in [1.29, 1.82) is 0 Å².